The van der Waals surface area contributed by atoms with Gasteiger partial charge in [-0.25, -0.2) is 9.13 Å². The molecule has 0 radical (unpaired) electrons. The summed E-state index contributed by atoms with van der Waals surface area (Å²) in [7, 11) is 0. The van der Waals surface area contributed by atoms with Gasteiger partial charge >= 0.3 is 0 Å². The number of aromatic nitrogens is 2. The Morgan fingerprint density at radius 1 is 0.944 bits per heavy atom. The lowest BCUT2D eigenvalue weighted by atomic mass is 10.0. The maximum Gasteiger partial charge on any atom is 0.244 e. The summed E-state index contributed by atoms with van der Waals surface area (Å²) in [4.78, 5) is 13.0. The van der Waals surface area contributed by atoms with Gasteiger partial charge in [-0.3, -0.25) is 4.79 Å². The number of halogens is 4. The average Bonchev–Trinajstić information content (AvgIpc) is 3.31. The van der Waals surface area contributed by atoms with E-state index in [2.05, 4.69) is 0 Å². The third kappa shape index (κ3) is 6.50. The van der Waals surface area contributed by atoms with Crippen LogP contribution in [0.25, 0.3) is 0 Å². The molecule has 1 heterocycles. The van der Waals surface area contributed by atoms with Crippen LogP contribution in [0.5, 0.6) is 0 Å². The summed E-state index contributed by atoms with van der Waals surface area (Å²) in [6.07, 6.45) is 5.29. The lowest BCUT2D eigenvalue weighted by Crippen LogP contribution is -2.36. The molecule has 2 unspecified atom stereocenters. The third-order valence-electron chi connectivity index (χ3n) is 6.02. The third-order valence-corrected chi connectivity index (χ3v) is 7.17. The number of aryl methyl sites for hydroxylation is 1. The standard InChI is InChI=1S/C28H25Cl4N2O2/c1-18-3-5-20(6-4-18)28(35)19(2)34-12-11-33(17-34)15-27(24-10-9-23(30)14-26(24)32)36-16-21-7-8-22(29)13-25(21)31/h3-14,17,19,27H,15-16H2,1-2H3/q+1. The second kappa shape index (κ2) is 11.8. The number of hydrogen-bond acceptors (Lipinski definition) is 2. The molecule has 4 rings (SSSR count). The van der Waals surface area contributed by atoms with Crippen LogP contribution in [0, 0.1) is 6.92 Å². The number of carbonyl (C=O) groups is 1. The van der Waals surface area contributed by atoms with Crippen LogP contribution < -0.4 is 4.57 Å². The van der Waals surface area contributed by atoms with Crippen molar-refractivity contribution in [1.82, 2.24) is 4.57 Å². The van der Waals surface area contributed by atoms with Gasteiger partial charge in [0.15, 0.2) is 6.04 Å². The second-order valence-electron chi connectivity index (χ2n) is 8.67. The van der Waals surface area contributed by atoms with Crippen molar-refractivity contribution in [3.63, 3.8) is 0 Å². The van der Waals surface area contributed by atoms with Crippen LogP contribution in [0.15, 0.2) is 79.4 Å². The van der Waals surface area contributed by atoms with E-state index >= 15 is 0 Å². The highest BCUT2D eigenvalue weighted by Gasteiger charge is 2.24. The predicted octanol–water partition coefficient (Wildman–Crippen LogP) is 8.10. The second-order valence-corrected chi connectivity index (χ2v) is 10.4. The maximum atomic E-state index is 13.0. The number of rotatable bonds is 9. The molecular formula is C28H25Cl4N2O2+. The highest BCUT2D eigenvalue weighted by Crippen LogP contribution is 2.31. The molecule has 0 N–H and O–H groups in total. The molecule has 36 heavy (non-hydrogen) atoms. The van der Waals surface area contributed by atoms with Crippen LogP contribution >= 0.6 is 46.4 Å². The lowest BCUT2D eigenvalue weighted by molar-refractivity contribution is -0.705. The minimum Gasteiger partial charge on any atom is -0.365 e. The van der Waals surface area contributed by atoms with Crippen molar-refractivity contribution in [3.05, 3.63) is 122 Å². The quantitative estimate of drug-likeness (QED) is 0.152. The van der Waals surface area contributed by atoms with Crippen LogP contribution in [-0.2, 0) is 17.9 Å². The molecule has 0 aliphatic rings. The zero-order valence-corrected chi connectivity index (χ0v) is 22.8. The van der Waals surface area contributed by atoms with Crippen molar-refractivity contribution < 1.29 is 14.1 Å². The Morgan fingerprint density at radius 3 is 2.28 bits per heavy atom. The van der Waals surface area contributed by atoms with E-state index in [0.717, 1.165) is 16.7 Å². The summed E-state index contributed by atoms with van der Waals surface area (Å²) in [6.45, 7) is 4.62. The molecule has 4 aromatic rings. The van der Waals surface area contributed by atoms with Crippen molar-refractivity contribution in [2.45, 2.75) is 39.1 Å². The minimum absolute atomic E-state index is 0.0451. The van der Waals surface area contributed by atoms with E-state index in [-0.39, 0.29) is 18.4 Å². The molecule has 3 aromatic carbocycles. The first kappa shape index (κ1) is 26.7. The highest BCUT2D eigenvalue weighted by atomic mass is 35.5. The monoisotopic (exact) mass is 561 g/mol. The van der Waals surface area contributed by atoms with E-state index < -0.39 is 6.10 Å². The van der Waals surface area contributed by atoms with Gasteiger partial charge < -0.3 is 4.74 Å². The van der Waals surface area contributed by atoms with Gasteiger partial charge in [-0.15, -0.1) is 0 Å². The van der Waals surface area contributed by atoms with Gasteiger partial charge in [-0.1, -0.05) is 88.4 Å². The van der Waals surface area contributed by atoms with E-state index in [1.54, 1.807) is 24.3 Å². The molecule has 0 aliphatic heterocycles. The number of hydrogen-bond donors (Lipinski definition) is 0. The number of ether oxygens (including phenoxy) is 1. The van der Waals surface area contributed by atoms with E-state index in [0.29, 0.717) is 32.2 Å². The van der Waals surface area contributed by atoms with Crippen LogP contribution in [0.2, 0.25) is 20.1 Å². The fourth-order valence-corrected chi connectivity index (χ4v) is 4.86. The Hall–Kier alpha value is -2.34. The molecule has 0 bridgehead atoms. The fourth-order valence-electron chi connectivity index (χ4n) is 3.87. The largest absolute Gasteiger partial charge is 0.365 e. The molecule has 2 atom stereocenters. The SMILES string of the molecule is Cc1ccc(C(=O)C(C)n2cc[n+](CC(OCc3ccc(Cl)cc3Cl)c3ccc(Cl)cc3Cl)c2)cc1. The first-order valence-corrected chi connectivity index (χ1v) is 12.9. The molecular weight excluding hydrogens is 538 g/mol. The van der Waals surface area contributed by atoms with E-state index in [1.165, 1.54) is 0 Å². The van der Waals surface area contributed by atoms with Crippen LogP contribution in [-0.4, -0.2) is 10.4 Å². The lowest BCUT2D eigenvalue weighted by Gasteiger charge is -2.19. The topological polar surface area (TPSA) is 35.1 Å². The fraction of sp³-hybridized carbons (Fsp3) is 0.214. The Labute approximate surface area is 230 Å². The highest BCUT2D eigenvalue weighted by molar-refractivity contribution is 6.35. The smallest absolute Gasteiger partial charge is 0.244 e. The molecule has 0 fully saturated rings. The summed E-state index contributed by atoms with van der Waals surface area (Å²) in [5.41, 5.74) is 3.42. The van der Waals surface area contributed by atoms with Crippen molar-refractivity contribution in [3.8, 4) is 0 Å². The Bertz CT molecular complexity index is 1370. The van der Waals surface area contributed by atoms with Gasteiger partial charge in [0.05, 0.1) is 6.61 Å². The summed E-state index contributed by atoms with van der Waals surface area (Å²) in [6, 6.07) is 17.9. The van der Waals surface area contributed by atoms with Gasteiger partial charge in [0.1, 0.15) is 25.0 Å². The molecule has 1 aromatic heterocycles. The van der Waals surface area contributed by atoms with E-state index in [1.807, 2.05) is 78.1 Å². The number of Topliss-reactive ketones (excluding diaryl/α,β-unsaturated/α-hetero) is 1. The number of benzene rings is 3. The van der Waals surface area contributed by atoms with Crippen LogP contribution in [0.3, 0.4) is 0 Å². The molecule has 0 aliphatic carbocycles. The zero-order chi connectivity index (χ0) is 25.8. The van der Waals surface area contributed by atoms with Crippen molar-refractivity contribution in [2.75, 3.05) is 0 Å². The summed E-state index contributed by atoms with van der Waals surface area (Å²) in [5, 5.41) is 2.15. The first-order valence-electron chi connectivity index (χ1n) is 11.4. The molecule has 8 heteroatoms. The molecule has 186 valence electrons. The molecule has 0 saturated carbocycles. The molecule has 0 spiro atoms. The van der Waals surface area contributed by atoms with Crippen molar-refractivity contribution >= 4 is 52.2 Å². The number of nitrogens with zero attached hydrogens (tertiary/aromatic N) is 2. The van der Waals surface area contributed by atoms with Crippen molar-refractivity contribution in [1.29, 1.82) is 0 Å². The van der Waals surface area contributed by atoms with Gasteiger partial charge in [-0.2, -0.15) is 0 Å². The maximum absolute atomic E-state index is 13.0. The number of ketones is 1. The molecule has 4 nitrogen and oxygen atoms in total. The summed E-state index contributed by atoms with van der Waals surface area (Å²) >= 11 is 25.0. The minimum atomic E-state index is -0.398. The number of carbonyl (C=O) groups excluding carboxylic acids is 1. The van der Waals surface area contributed by atoms with Gasteiger partial charge in [0, 0.05) is 31.2 Å². The van der Waals surface area contributed by atoms with Gasteiger partial charge in [0.2, 0.25) is 12.1 Å². The predicted molar refractivity (Wildman–Crippen MR) is 145 cm³/mol. The number of imidazole rings is 1. The molecule has 0 amide bonds. The Morgan fingerprint density at radius 2 is 1.61 bits per heavy atom. The van der Waals surface area contributed by atoms with Gasteiger partial charge in [0.25, 0.3) is 0 Å². The van der Waals surface area contributed by atoms with E-state index in [4.69, 9.17) is 51.1 Å². The Kier molecular flexibility index (Phi) is 8.76. The van der Waals surface area contributed by atoms with Crippen molar-refractivity contribution in [2.24, 2.45) is 0 Å². The molecule has 0 saturated heterocycles. The van der Waals surface area contributed by atoms with Gasteiger partial charge in [-0.05, 0) is 43.7 Å². The zero-order valence-electron chi connectivity index (χ0n) is 19.8. The Balaban J connectivity index is 1.54. The van der Waals surface area contributed by atoms with E-state index in [9.17, 15) is 4.79 Å². The average molecular weight is 563 g/mol. The van der Waals surface area contributed by atoms with Crippen LogP contribution in [0.1, 0.15) is 46.1 Å². The normalized spacial score (nSPS) is 12.9. The summed E-state index contributed by atoms with van der Waals surface area (Å²) < 4.78 is 10.2. The first-order chi connectivity index (χ1) is 17.2. The van der Waals surface area contributed by atoms with Crippen LogP contribution in [0.4, 0.5) is 0 Å². The summed E-state index contributed by atoms with van der Waals surface area (Å²) in [5.74, 6) is 0.0451.